The number of hydrogen-bond acceptors (Lipinski definition) is 1. The van der Waals surface area contributed by atoms with E-state index in [1.165, 1.54) is 16.7 Å². The topological polar surface area (TPSA) is 20.2 Å². The van der Waals surface area contributed by atoms with Crippen molar-refractivity contribution < 1.29 is 5.11 Å². The predicted molar refractivity (Wildman–Crippen MR) is 65.8 cm³/mol. The van der Waals surface area contributed by atoms with Crippen molar-refractivity contribution in [1.82, 2.24) is 0 Å². The highest BCUT2D eigenvalue weighted by Crippen LogP contribution is 2.41. The van der Waals surface area contributed by atoms with Gasteiger partial charge in [0, 0.05) is 12.0 Å². The van der Waals surface area contributed by atoms with E-state index in [1.54, 1.807) is 0 Å². The molecule has 1 nitrogen and oxygen atoms in total. The Morgan fingerprint density at radius 1 is 1.33 bits per heavy atom. The average Bonchev–Trinajstić information content (AvgIpc) is 2.20. The van der Waals surface area contributed by atoms with Crippen LogP contribution >= 0.6 is 0 Å². The van der Waals surface area contributed by atoms with Gasteiger partial charge in [0.2, 0.25) is 0 Å². The molecule has 0 aromatic rings. The largest absolute Gasteiger partial charge is 0.396 e. The van der Waals surface area contributed by atoms with Gasteiger partial charge in [-0.3, -0.25) is 0 Å². The van der Waals surface area contributed by atoms with E-state index in [2.05, 4.69) is 33.8 Å². The Morgan fingerprint density at radius 3 is 2.47 bits per heavy atom. The third-order valence-electron chi connectivity index (χ3n) is 3.68. The van der Waals surface area contributed by atoms with Gasteiger partial charge < -0.3 is 5.11 Å². The summed E-state index contributed by atoms with van der Waals surface area (Å²) in [6.07, 6.45) is 6.65. The average molecular weight is 208 g/mol. The summed E-state index contributed by atoms with van der Waals surface area (Å²) in [5, 5.41) is 9.61. The molecule has 0 radical (unpaired) electrons. The fourth-order valence-corrected chi connectivity index (χ4v) is 2.26. The zero-order chi connectivity index (χ0) is 11.5. The van der Waals surface area contributed by atoms with Gasteiger partial charge in [-0.2, -0.15) is 0 Å². The zero-order valence-corrected chi connectivity index (χ0v) is 10.6. The molecular formula is C14H24O. The summed E-state index contributed by atoms with van der Waals surface area (Å²) in [7, 11) is 0. The van der Waals surface area contributed by atoms with Gasteiger partial charge >= 0.3 is 0 Å². The van der Waals surface area contributed by atoms with Crippen LogP contribution in [0.1, 0.15) is 53.4 Å². The van der Waals surface area contributed by atoms with Crippen LogP contribution in [0.2, 0.25) is 0 Å². The molecule has 1 atom stereocenters. The first-order chi connectivity index (χ1) is 6.99. The highest BCUT2D eigenvalue weighted by molar-refractivity contribution is 5.17. The Labute approximate surface area is 93.9 Å². The van der Waals surface area contributed by atoms with E-state index in [4.69, 9.17) is 0 Å². The summed E-state index contributed by atoms with van der Waals surface area (Å²) >= 11 is 0. The van der Waals surface area contributed by atoms with Crippen LogP contribution in [-0.4, -0.2) is 11.7 Å². The molecule has 1 rings (SSSR count). The second-order valence-corrected chi connectivity index (χ2v) is 5.38. The highest BCUT2D eigenvalue weighted by Gasteiger charge is 2.31. The third kappa shape index (κ3) is 3.20. The van der Waals surface area contributed by atoms with E-state index >= 15 is 0 Å². The number of rotatable bonds is 3. The Hall–Kier alpha value is -0.560. The summed E-state index contributed by atoms with van der Waals surface area (Å²) in [6, 6.07) is 0. The fourth-order valence-electron chi connectivity index (χ4n) is 2.26. The van der Waals surface area contributed by atoms with Gasteiger partial charge in [0.05, 0.1) is 0 Å². The summed E-state index contributed by atoms with van der Waals surface area (Å²) in [5.74, 6) is 0. The normalized spacial score (nSPS) is 26.7. The molecule has 1 heteroatoms. The monoisotopic (exact) mass is 208 g/mol. The molecule has 0 aliphatic heterocycles. The van der Waals surface area contributed by atoms with Crippen molar-refractivity contribution in [1.29, 1.82) is 0 Å². The van der Waals surface area contributed by atoms with Crippen LogP contribution in [0, 0.1) is 5.41 Å². The molecule has 0 aromatic carbocycles. The standard InChI is InChI=1S/C14H24O/c1-11(2)5-7-14(10-15)8-6-12(3)13(4)9-14/h5,15H,6-10H2,1-4H3. The minimum Gasteiger partial charge on any atom is -0.396 e. The number of allylic oxidation sites excluding steroid dienone is 4. The van der Waals surface area contributed by atoms with E-state index in [-0.39, 0.29) is 5.41 Å². The molecule has 1 aliphatic carbocycles. The molecule has 15 heavy (non-hydrogen) atoms. The summed E-state index contributed by atoms with van der Waals surface area (Å²) in [5.41, 5.74) is 4.49. The smallest absolute Gasteiger partial charge is 0.0493 e. The first-order valence-electron chi connectivity index (χ1n) is 5.88. The maximum Gasteiger partial charge on any atom is 0.0493 e. The minimum atomic E-state index is 0.126. The SMILES string of the molecule is CC(C)=CCC1(CO)CCC(C)=C(C)C1. The second kappa shape index (κ2) is 4.98. The van der Waals surface area contributed by atoms with Gasteiger partial charge in [-0.15, -0.1) is 0 Å². The van der Waals surface area contributed by atoms with Gasteiger partial charge in [0.15, 0.2) is 0 Å². The zero-order valence-electron chi connectivity index (χ0n) is 10.6. The lowest BCUT2D eigenvalue weighted by Gasteiger charge is -2.36. The van der Waals surface area contributed by atoms with Gasteiger partial charge in [-0.25, -0.2) is 0 Å². The van der Waals surface area contributed by atoms with Gasteiger partial charge in [-0.1, -0.05) is 22.8 Å². The number of aliphatic hydroxyl groups is 1. The molecule has 0 aromatic heterocycles. The molecule has 1 aliphatic rings. The molecule has 1 N–H and O–H groups in total. The van der Waals surface area contributed by atoms with Crippen LogP contribution in [0.15, 0.2) is 22.8 Å². The molecule has 1 unspecified atom stereocenters. The molecule has 0 heterocycles. The van der Waals surface area contributed by atoms with Crippen molar-refractivity contribution in [3.63, 3.8) is 0 Å². The minimum absolute atomic E-state index is 0.126. The molecule has 0 saturated carbocycles. The quantitative estimate of drug-likeness (QED) is 0.699. The van der Waals surface area contributed by atoms with Crippen LogP contribution in [0.5, 0.6) is 0 Å². The van der Waals surface area contributed by atoms with Crippen LogP contribution in [0.25, 0.3) is 0 Å². The van der Waals surface area contributed by atoms with Crippen molar-refractivity contribution >= 4 is 0 Å². The van der Waals surface area contributed by atoms with E-state index in [0.29, 0.717) is 6.61 Å². The van der Waals surface area contributed by atoms with Crippen molar-refractivity contribution in [3.8, 4) is 0 Å². The number of aliphatic hydroxyl groups excluding tert-OH is 1. The second-order valence-electron chi connectivity index (χ2n) is 5.38. The lowest BCUT2D eigenvalue weighted by Crippen LogP contribution is -2.28. The van der Waals surface area contributed by atoms with Gasteiger partial charge in [0.1, 0.15) is 0 Å². The van der Waals surface area contributed by atoms with E-state index in [1.807, 2.05) is 0 Å². The van der Waals surface area contributed by atoms with Crippen molar-refractivity contribution in [2.45, 2.75) is 53.4 Å². The summed E-state index contributed by atoms with van der Waals surface area (Å²) < 4.78 is 0. The highest BCUT2D eigenvalue weighted by atomic mass is 16.3. The Kier molecular flexibility index (Phi) is 4.15. The number of hydrogen-bond donors (Lipinski definition) is 1. The van der Waals surface area contributed by atoms with Gasteiger partial charge in [0.25, 0.3) is 0 Å². The molecule has 0 spiro atoms. The molecule has 0 bridgehead atoms. The molecular weight excluding hydrogens is 184 g/mol. The first kappa shape index (κ1) is 12.5. The third-order valence-corrected chi connectivity index (χ3v) is 3.68. The van der Waals surface area contributed by atoms with Crippen LogP contribution < -0.4 is 0 Å². The molecule has 0 saturated heterocycles. The molecule has 86 valence electrons. The van der Waals surface area contributed by atoms with Gasteiger partial charge in [-0.05, 0) is 53.4 Å². The maximum atomic E-state index is 9.61. The molecule has 0 amide bonds. The Bertz CT molecular complexity index is 282. The van der Waals surface area contributed by atoms with E-state index in [0.717, 1.165) is 25.7 Å². The Morgan fingerprint density at radius 2 is 2.00 bits per heavy atom. The maximum absolute atomic E-state index is 9.61. The Balaban J connectivity index is 2.76. The van der Waals surface area contributed by atoms with E-state index in [9.17, 15) is 5.11 Å². The lowest BCUT2D eigenvalue weighted by molar-refractivity contribution is 0.111. The van der Waals surface area contributed by atoms with Crippen LogP contribution in [0.3, 0.4) is 0 Å². The summed E-state index contributed by atoms with van der Waals surface area (Å²) in [4.78, 5) is 0. The fraction of sp³-hybridized carbons (Fsp3) is 0.714. The van der Waals surface area contributed by atoms with E-state index < -0.39 is 0 Å². The molecule has 0 fully saturated rings. The van der Waals surface area contributed by atoms with Crippen LogP contribution in [-0.2, 0) is 0 Å². The van der Waals surface area contributed by atoms with Crippen molar-refractivity contribution in [2.24, 2.45) is 5.41 Å². The van der Waals surface area contributed by atoms with Crippen molar-refractivity contribution in [2.75, 3.05) is 6.61 Å². The van der Waals surface area contributed by atoms with Crippen LogP contribution in [0.4, 0.5) is 0 Å². The summed E-state index contributed by atoms with van der Waals surface area (Å²) in [6.45, 7) is 9.00. The van der Waals surface area contributed by atoms with Crippen molar-refractivity contribution in [3.05, 3.63) is 22.8 Å². The lowest BCUT2D eigenvalue weighted by atomic mass is 9.70. The predicted octanol–water partition coefficient (Wildman–Crippen LogP) is 3.84. The first-order valence-corrected chi connectivity index (χ1v) is 5.88.